The van der Waals surface area contributed by atoms with Crippen LogP contribution in [0.15, 0.2) is 60.7 Å². The molecule has 3 N–H and O–H groups in total. The average Bonchev–Trinajstić information content (AvgIpc) is 3.13. The van der Waals surface area contributed by atoms with E-state index >= 15 is 0 Å². The van der Waals surface area contributed by atoms with E-state index in [1.165, 1.54) is 6.92 Å². The predicted octanol–water partition coefficient (Wildman–Crippen LogP) is 4.25. The molecule has 0 saturated carbocycles. The Morgan fingerprint density at radius 1 is 1.00 bits per heavy atom. The smallest absolute Gasteiger partial charge is 0.216 e. The molecule has 2 aromatic carbocycles. The highest BCUT2D eigenvalue weighted by Crippen LogP contribution is 2.35. The van der Waals surface area contributed by atoms with Crippen molar-refractivity contribution in [3.05, 3.63) is 66.2 Å². The molecule has 2 aromatic heterocycles. The van der Waals surface area contributed by atoms with Gasteiger partial charge < -0.3 is 20.5 Å². The Hall–Kier alpha value is -3.87. The molecule has 0 aliphatic heterocycles. The van der Waals surface area contributed by atoms with Crippen molar-refractivity contribution < 1.29 is 4.79 Å². The topological polar surface area (TPSA) is 85.9 Å². The number of amides is 1. The quantitative estimate of drug-likeness (QED) is 0.394. The fraction of sp³-hybridized carbons (Fsp3) is 0.208. The number of aromatic nitrogens is 3. The Morgan fingerprint density at radius 3 is 2.35 bits per heavy atom. The van der Waals surface area contributed by atoms with Gasteiger partial charge in [-0.15, -0.1) is 0 Å². The molecule has 0 aliphatic carbocycles. The molecule has 4 aromatic rings. The van der Waals surface area contributed by atoms with Gasteiger partial charge in [0.1, 0.15) is 17.3 Å². The van der Waals surface area contributed by atoms with E-state index in [1.807, 2.05) is 55.6 Å². The molecule has 0 radical (unpaired) electrons. The summed E-state index contributed by atoms with van der Waals surface area (Å²) in [5.74, 6) is 2.30. The van der Waals surface area contributed by atoms with E-state index in [0.717, 1.165) is 39.5 Å². The lowest BCUT2D eigenvalue weighted by Gasteiger charge is -2.18. The van der Waals surface area contributed by atoms with Gasteiger partial charge in [-0.3, -0.25) is 4.79 Å². The van der Waals surface area contributed by atoms with E-state index in [-0.39, 0.29) is 5.91 Å². The zero-order valence-electron chi connectivity index (χ0n) is 17.9. The van der Waals surface area contributed by atoms with Crippen molar-refractivity contribution in [1.29, 1.82) is 0 Å². The Labute approximate surface area is 181 Å². The number of carbonyl (C=O) groups is 1. The Bertz CT molecular complexity index is 1190. The van der Waals surface area contributed by atoms with Crippen LogP contribution >= 0.6 is 0 Å². The first-order chi connectivity index (χ1) is 15.0. The molecule has 0 unspecified atom stereocenters. The first-order valence-corrected chi connectivity index (χ1v) is 10.3. The fourth-order valence-electron chi connectivity index (χ4n) is 3.61. The molecular weight excluding hydrogens is 388 g/mol. The van der Waals surface area contributed by atoms with Crippen LogP contribution in [0.4, 0.5) is 17.3 Å². The predicted molar refractivity (Wildman–Crippen MR) is 126 cm³/mol. The van der Waals surface area contributed by atoms with E-state index in [0.29, 0.717) is 18.9 Å². The summed E-state index contributed by atoms with van der Waals surface area (Å²) < 4.78 is 0. The van der Waals surface area contributed by atoms with Crippen molar-refractivity contribution in [3.8, 4) is 11.4 Å². The van der Waals surface area contributed by atoms with E-state index in [4.69, 9.17) is 9.97 Å². The number of nitrogens with zero attached hydrogens (tertiary/aromatic N) is 3. The summed E-state index contributed by atoms with van der Waals surface area (Å²) in [7, 11) is 2.03. The fourth-order valence-corrected chi connectivity index (χ4v) is 3.61. The molecule has 0 atom stereocenters. The minimum absolute atomic E-state index is 0.0517. The Kier molecular flexibility index (Phi) is 5.84. The van der Waals surface area contributed by atoms with Crippen LogP contribution in [0.5, 0.6) is 0 Å². The number of anilines is 3. The summed E-state index contributed by atoms with van der Waals surface area (Å²) in [6.45, 7) is 4.66. The van der Waals surface area contributed by atoms with Crippen molar-refractivity contribution in [1.82, 2.24) is 20.3 Å². The highest BCUT2D eigenvalue weighted by atomic mass is 16.1. The maximum atomic E-state index is 11.2. The maximum Gasteiger partial charge on any atom is 0.216 e. The van der Waals surface area contributed by atoms with Gasteiger partial charge >= 0.3 is 0 Å². The summed E-state index contributed by atoms with van der Waals surface area (Å²) in [5, 5.41) is 7.14. The zero-order valence-corrected chi connectivity index (χ0v) is 17.9. The minimum Gasteiger partial charge on any atom is -0.368 e. The monoisotopic (exact) mass is 414 g/mol. The highest BCUT2D eigenvalue weighted by Gasteiger charge is 2.19. The van der Waals surface area contributed by atoms with Gasteiger partial charge in [0.25, 0.3) is 0 Å². The number of hydrogen-bond donors (Lipinski definition) is 3. The number of fused-ring (bicyclic) bond motifs is 1. The standard InChI is InChI=1S/C24H26N6O/c1-16-20-22(26-15-14-25-17(2)31)27-21(18-10-6-4-7-11-18)28-23(20)29-24(16)30(3)19-12-8-5-9-13-19/h4-13H,14-15H2,1-3H3,(H,25,31)(H2,26,27,28,29). The van der Waals surface area contributed by atoms with E-state index in [2.05, 4.69) is 39.6 Å². The summed E-state index contributed by atoms with van der Waals surface area (Å²) in [6.07, 6.45) is 0. The Balaban J connectivity index is 1.78. The number of carbonyl (C=O) groups excluding carboxylic acids is 1. The lowest BCUT2D eigenvalue weighted by atomic mass is 10.2. The van der Waals surface area contributed by atoms with Gasteiger partial charge in [0.2, 0.25) is 5.91 Å². The largest absolute Gasteiger partial charge is 0.368 e. The number of aromatic amines is 1. The second kappa shape index (κ2) is 8.87. The lowest BCUT2D eigenvalue weighted by molar-refractivity contribution is -0.118. The van der Waals surface area contributed by atoms with Crippen LogP contribution in [0.3, 0.4) is 0 Å². The average molecular weight is 415 g/mol. The van der Waals surface area contributed by atoms with E-state index < -0.39 is 0 Å². The molecule has 0 aliphatic rings. The van der Waals surface area contributed by atoms with Gasteiger partial charge in [-0.05, 0) is 19.1 Å². The molecular formula is C24H26N6O. The second-order valence-electron chi connectivity index (χ2n) is 7.39. The van der Waals surface area contributed by atoms with Crippen LogP contribution < -0.4 is 15.5 Å². The van der Waals surface area contributed by atoms with Crippen molar-refractivity contribution in [2.45, 2.75) is 13.8 Å². The van der Waals surface area contributed by atoms with Crippen LogP contribution in [0, 0.1) is 6.92 Å². The Morgan fingerprint density at radius 2 is 1.68 bits per heavy atom. The highest BCUT2D eigenvalue weighted by molar-refractivity contribution is 5.96. The lowest BCUT2D eigenvalue weighted by Crippen LogP contribution is -2.26. The zero-order chi connectivity index (χ0) is 21.8. The van der Waals surface area contributed by atoms with Crippen LogP contribution in [0.25, 0.3) is 22.4 Å². The van der Waals surface area contributed by atoms with Crippen molar-refractivity contribution in [3.63, 3.8) is 0 Å². The van der Waals surface area contributed by atoms with Crippen molar-refractivity contribution in [2.75, 3.05) is 30.4 Å². The third-order valence-corrected chi connectivity index (χ3v) is 5.18. The number of hydrogen-bond acceptors (Lipinski definition) is 5. The molecule has 0 spiro atoms. The third-order valence-electron chi connectivity index (χ3n) is 5.18. The number of benzene rings is 2. The van der Waals surface area contributed by atoms with Crippen LogP contribution in [0.1, 0.15) is 12.5 Å². The number of para-hydroxylation sites is 1. The van der Waals surface area contributed by atoms with Crippen LogP contribution in [-0.4, -0.2) is 41.0 Å². The molecule has 158 valence electrons. The van der Waals surface area contributed by atoms with Gasteiger partial charge in [0, 0.05) is 43.9 Å². The van der Waals surface area contributed by atoms with Crippen LogP contribution in [-0.2, 0) is 4.79 Å². The number of H-pyrrole nitrogens is 1. The van der Waals surface area contributed by atoms with Crippen molar-refractivity contribution >= 4 is 34.3 Å². The van der Waals surface area contributed by atoms with Gasteiger partial charge in [-0.25, -0.2) is 9.97 Å². The summed E-state index contributed by atoms with van der Waals surface area (Å²) in [4.78, 5) is 26.4. The molecule has 2 heterocycles. The van der Waals surface area contributed by atoms with E-state index in [1.54, 1.807) is 0 Å². The number of aryl methyl sites for hydroxylation is 1. The maximum absolute atomic E-state index is 11.2. The molecule has 0 bridgehead atoms. The normalized spacial score (nSPS) is 10.8. The van der Waals surface area contributed by atoms with Gasteiger partial charge in [-0.1, -0.05) is 48.5 Å². The first kappa shape index (κ1) is 20.4. The third kappa shape index (κ3) is 4.35. The molecule has 7 nitrogen and oxygen atoms in total. The summed E-state index contributed by atoms with van der Waals surface area (Å²) in [5.41, 5.74) is 3.85. The number of nitrogens with one attached hydrogen (secondary N) is 3. The summed E-state index contributed by atoms with van der Waals surface area (Å²) >= 11 is 0. The molecule has 31 heavy (non-hydrogen) atoms. The van der Waals surface area contributed by atoms with E-state index in [9.17, 15) is 4.79 Å². The molecule has 0 fully saturated rings. The molecule has 4 rings (SSSR count). The minimum atomic E-state index is -0.0517. The van der Waals surface area contributed by atoms with Crippen LogP contribution in [0.2, 0.25) is 0 Å². The second-order valence-corrected chi connectivity index (χ2v) is 7.39. The number of rotatable bonds is 7. The molecule has 0 saturated heterocycles. The summed E-state index contributed by atoms with van der Waals surface area (Å²) in [6, 6.07) is 20.1. The first-order valence-electron chi connectivity index (χ1n) is 10.3. The van der Waals surface area contributed by atoms with Gasteiger partial charge in [0.15, 0.2) is 5.82 Å². The van der Waals surface area contributed by atoms with Crippen molar-refractivity contribution in [2.24, 2.45) is 0 Å². The van der Waals surface area contributed by atoms with Gasteiger partial charge in [-0.2, -0.15) is 0 Å². The molecule has 7 heteroatoms. The van der Waals surface area contributed by atoms with Gasteiger partial charge in [0.05, 0.1) is 5.39 Å². The SMILES string of the molecule is CC(=O)NCCNc1nc(-c2ccccc2)nc2[nH]c(N(C)c3ccccc3)c(C)c12. The molecule has 1 amide bonds.